The molecule has 2 aromatic carbocycles. The number of para-hydroxylation sites is 1. The Hall–Kier alpha value is -2.63. The lowest BCUT2D eigenvalue weighted by Gasteiger charge is -2.34. The van der Waals surface area contributed by atoms with E-state index in [0.717, 1.165) is 50.5 Å². The van der Waals surface area contributed by atoms with Gasteiger partial charge in [-0.2, -0.15) is 0 Å². The predicted octanol–water partition coefficient (Wildman–Crippen LogP) is 4.80. The number of nitrogens with zero attached hydrogens (tertiary/aromatic N) is 4. The van der Waals surface area contributed by atoms with Gasteiger partial charge in [-0.25, -0.2) is 4.98 Å². The number of likely N-dealkylation sites (N-methyl/N-ethyl adjacent to an activating group) is 1. The van der Waals surface area contributed by atoms with Gasteiger partial charge in [-0.3, -0.25) is 0 Å². The Morgan fingerprint density at radius 1 is 0.906 bits per heavy atom. The highest BCUT2D eigenvalue weighted by molar-refractivity contribution is 5.93. The number of hydrogen-bond donors (Lipinski definition) is 1. The number of fused-ring (bicyclic) bond motifs is 1. The fourth-order valence-corrected chi connectivity index (χ4v) is 4.33. The number of nitrogens with one attached hydrogen (secondary N) is 1. The Morgan fingerprint density at radius 3 is 2.41 bits per heavy atom. The van der Waals surface area contributed by atoms with Gasteiger partial charge in [-0.05, 0) is 64.8 Å². The fourth-order valence-electron chi connectivity index (χ4n) is 4.33. The van der Waals surface area contributed by atoms with E-state index < -0.39 is 0 Å². The van der Waals surface area contributed by atoms with Crippen LogP contribution in [-0.4, -0.2) is 75.2 Å². The van der Waals surface area contributed by atoms with Gasteiger partial charge in [0.05, 0.1) is 11.2 Å². The zero-order valence-electron chi connectivity index (χ0n) is 19.8. The quantitative estimate of drug-likeness (QED) is 0.493. The van der Waals surface area contributed by atoms with Gasteiger partial charge in [-0.15, -0.1) is 0 Å². The molecular weight excluding hydrogens is 394 g/mol. The molecule has 4 rings (SSSR count). The molecule has 0 unspecified atom stereocenters. The van der Waals surface area contributed by atoms with Crippen molar-refractivity contribution in [2.24, 2.45) is 0 Å². The van der Waals surface area contributed by atoms with Crippen molar-refractivity contribution in [2.45, 2.75) is 19.3 Å². The maximum Gasteiger partial charge on any atom is 0.0730 e. The van der Waals surface area contributed by atoms with Gasteiger partial charge in [0.1, 0.15) is 0 Å². The fraction of sp³-hybridized carbons (Fsp3) is 0.444. The third-order valence-corrected chi connectivity index (χ3v) is 6.35. The number of piperazine rings is 1. The molecule has 2 heterocycles. The summed E-state index contributed by atoms with van der Waals surface area (Å²) < 4.78 is 0. The second-order valence-electron chi connectivity index (χ2n) is 9.20. The minimum atomic E-state index is 0.989. The first-order chi connectivity index (χ1) is 15.6. The summed E-state index contributed by atoms with van der Waals surface area (Å²) in [5, 5.41) is 4.88. The lowest BCUT2D eigenvalue weighted by atomic mass is 10.1. The van der Waals surface area contributed by atoms with E-state index in [1.807, 2.05) is 0 Å². The van der Waals surface area contributed by atoms with Crippen molar-refractivity contribution in [1.82, 2.24) is 14.8 Å². The molecular formula is C27H37N5. The Kier molecular flexibility index (Phi) is 7.61. The van der Waals surface area contributed by atoms with Crippen molar-refractivity contribution >= 4 is 22.3 Å². The molecule has 5 heteroatoms. The lowest BCUT2D eigenvalue weighted by Crippen LogP contribution is -2.44. The number of anilines is 2. The third kappa shape index (κ3) is 5.78. The largest absolute Gasteiger partial charge is 0.384 e. The van der Waals surface area contributed by atoms with Crippen LogP contribution in [0.2, 0.25) is 0 Å². The van der Waals surface area contributed by atoms with Gasteiger partial charge < -0.3 is 20.0 Å². The van der Waals surface area contributed by atoms with E-state index in [1.54, 1.807) is 0 Å². The molecule has 1 saturated heterocycles. The second kappa shape index (κ2) is 10.8. The molecule has 0 bridgehead atoms. The Balaban J connectivity index is 1.48. The van der Waals surface area contributed by atoms with Crippen LogP contribution in [0.3, 0.4) is 0 Å². The molecule has 0 atom stereocenters. The Morgan fingerprint density at radius 2 is 1.66 bits per heavy atom. The van der Waals surface area contributed by atoms with E-state index in [2.05, 4.69) is 95.8 Å². The van der Waals surface area contributed by atoms with Crippen molar-refractivity contribution < 1.29 is 0 Å². The summed E-state index contributed by atoms with van der Waals surface area (Å²) >= 11 is 0. The normalized spacial score (nSPS) is 14.9. The smallest absolute Gasteiger partial charge is 0.0730 e. The SMILES string of the molecule is CN(C)CCCCCNc1cc(-c2ccc(N3CCN(C)CC3)cc2)nc2ccccc12. The number of pyridine rings is 1. The molecule has 1 aromatic heterocycles. The molecule has 0 saturated carbocycles. The van der Waals surface area contributed by atoms with E-state index >= 15 is 0 Å². The second-order valence-corrected chi connectivity index (χ2v) is 9.20. The molecule has 1 aliphatic heterocycles. The summed E-state index contributed by atoms with van der Waals surface area (Å²) in [7, 11) is 6.47. The molecule has 3 aromatic rings. The highest BCUT2D eigenvalue weighted by Gasteiger charge is 2.14. The third-order valence-electron chi connectivity index (χ3n) is 6.35. The van der Waals surface area contributed by atoms with Gasteiger partial charge in [0.25, 0.3) is 0 Å². The Bertz CT molecular complexity index is 991. The van der Waals surface area contributed by atoms with Crippen molar-refractivity contribution in [3.8, 4) is 11.3 Å². The van der Waals surface area contributed by atoms with Gasteiger partial charge in [0, 0.05) is 55.0 Å². The average Bonchev–Trinajstić information content (AvgIpc) is 2.81. The van der Waals surface area contributed by atoms with Crippen LogP contribution >= 0.6 is 0 Å². The molecule has 0 spiro atoms. The zero-order chi connectivity index (χ0) is 22.3. The summed E-state index contributed by atoms with van der Waals surface area (Å²) in [6.07, 6.45) is 3.67. The zero-order valence-corrected chi connectivity index (χ0v) is 19.8. The van der Waals surface area contributed by atoms with Gasteiger partial charge in [0.2, 0.25) is 0 Å². The summed E-state index contributed by atoms with van der Waals surface area (Å²) in [6, 6.07) is 19.6. The molecule has 0 aliphatic carbocycles. The van der Waals surface area contributed by atoms with Gasteiger partial charge >= 0.3 is 0 Å². The van der Waals surface area contributed by atoms with Crippen LogP contribution in [0.15, 0.2) is 54.6 Å². The maximum absolute atomic E-state index is 4.97. The minimum Gasteiger partial charge on any atom is -0.384 e. The molecule has 32 heavy (non-hydrogen) atoms. The van der Waals surface area contributed by atoms with Crippen LogP contribution in [0, 0.1) is 0 Å². The van der Waals surface area contributed by atoms with E-state index in [-0.39, 0.29) is 0 Å². The number of hydrogen-bond acceptors (Lipinski definition) is 5. The molecule has 1 N–H and O–H groups in total. The van der Waals surface area contributed by atoms with Crippen LogP contribution in [-0.2, 0) is 0 Å². The average molecular weight is 432 g/mol. The van der Waals surface area contributed by atoms with Crippen LogP contribution < -0.4 is 10.2 Å². The minimum absolute atomic E-state index is 0.989. The molecule has 170 valence electrons. The van der Waals surface area contributed by atoms with Gasteiger partial charge in [-0.1, -0.05) is 36.8 Å². The van der Waals surface area contributed by atoms with Gasteiger partial charge in [0.15, 0.2) is 0 Å². The van der Waals surface area contributed by atoms with Crippen molar-refractivity contribution in [1.29, 1.82) is 0 Å². The van der Waals surface area contributed by atoms with Crippen LogP contribution in [0.1, 0.15) is 19.3 Å². The summed E-state index contributed by atoms with van der Waals surface area (Å²) in [6.45, 7) is 6.57. The first-order valence-electron chi connectivity index (χ1n) is 11.9. The molecule has 0 amide bonds. The van der Waals surface area contributed by atoms with Crippen LogP contribution in [0.25, 0.3) is 22.2 Å². The van der Waals surface area contributed by atoms with E-state index in [0.29, 0.717) is 0 Å². The predicted molar refractivity (Wildman–Crippen MR) is 138 cm³/mol. The topological polar surface area (TPSA) is 34.6 Å². The van der Waals surface area contributed by atoms with E-state index in [4.69, 9.17) is 4.98 Å². The standard InChI is InChI=1S/C27H37N5/c1-30(2)16-8-4-7-15-28-27-21-26(29-25-10-6-5-9-24(25)27)22-11-13-23(14-12-22)32-19-17-31(3)18-20-32/h5-6,9-14,21H,4,7-8,15-20H2,1-3H3,(H,28,29). The molecule has 0 radical (unpaired) electrons. The van der Waals surface area contributed by atoms with Crippen LogP contribution in [0.5, 0.6) is 0 Å². The first kappa shape index (κ1) is 22.6. The van der Waals surface area contributed by atoms with Crippen molar-refractivity contribution in [3.63, 3.8) is 0 Å². The highest BCUT2D eigenvalue weighted by Crippen LogP contribution is 2.29. The first-order valence-corrected chi connectivity index (χ1v) is 11.9. The van der Waals surface area contributed by atoms with Crippen molar-refractivity contribution in [3.05, 3.63) is 54.6 Å². The number of benzene rings is 2. The number of aromatic nitrogens is 1. The van der Waals surface area contributed by atoms with Crippen LogP contribution in [0.4, 0.5) is 11.4 Å². The number of unbranched alkanes of at least 4 members (excludes halogenated alkanes) is 2. The monoisotopic (exact) mass is 431 g/mol. The lowest BCUT2D eigenvalue weighted by molar-refractivity contribution is 0.313. The Labute approximate surface area is 193 Å². The van der Waals surface area contributed by atoms with E-state index in [9.17, 15) is 0 Å². The molecule has 1 aliphatic rings. The molecule has 1 fully saturated rings. The van der Waals surface area contributed by atoms with Crippen molar-refractivity contribution in [2.75, 3.05) is 70.6 Å². The summed E-state index contributed by atoms with van der Waals surface area (Å²) in [5.74, 6) is 0. The summed E-state index contributed by atoms with van der Waals surface area (Å²) in [5.41, 5.74) is 5.73. The highest BCUT2D eigenvalue weighted by atomic mass is 15.2. The molecule has 5 nitrogen and oxygen atoms in total. The number of rotatable bonds is 9. The summed E-state index contributed by atoms with van der Waals surface area (Å²) in [4.78, 5) is 12.1. The van der Waals surface area contributed by atoms with E-state index in [1.165, 1.54) is 41.6 Å². The maximum atomic E-state index is 4.97.